The lowest BCUT2D eigenvalue weighted by Crippen LogP contribution is -1.67. The zero-order chi connectivity index (χ0) is 8.10. The van der Waals surface area contributed by atoms with Gasteiger partial charge in [0.05, 0.1) is 0 Å². The largest absolute Gasteiger partial charge is 0.441 e. The molecule has 1 rings (SSSR count). The Hall–Kier alpha value is -1.09. The fourth-order valence-corrected chi connectivity index (χ4v) is 0.985. The van der Waals surface area contributed by atoms with E-state index in [1.165, 1.54) is 5.41 Å². The summed E-state index contributed by atoms with van der Waals surface area (Å²) < 4.78 is 17.0. The van der Waals surface area contributed by atoms with Gasteiger partial charge in [0.1, 0.15) is 0 Å². The molecule has 0 amide bonds. The van der Waals surface area contributed by atoms with Crippen molar-refractivity contribution in [3.63, 3.8) is 0 Å². The van der Waals surface area contributed by atoms with Gasteiger partial charge in [0.25, 0.3) is 0 Å². The van der Waals surface area contributed by atoms with E-state index in [-0.39, 0.29) is 0 Å². The topological polar surface area (TPSA) is 40.9 Å². The van der Waals surface area contributed by atoms with Crippen LogP contribution in [0.5, 0.6) is 0 Å². The molecule has 0 bridgehead atoms. The van der Waals surface area contributed by atoms with Crippen molar-refractivity contribution in [3.05, 3.63) is 41.3 Å². The van der Waals surface area contributed by atoms with Crippen LogP contribution in [0.4, 0.5) is 0 Å². The molecule has 1 N–H and O–H groups in total. The van der Waals surface area contributed by atoms with Gasteiger partial charge < -0.3 is 8.99 Å². The molecule has 58 valence electrons. The lowest BCUT2D eigenvalue weighted by molar-refractivity contribution is 0.603. The average molecular weight is 166 g/mol. The van der Waals surface area contributed by atoms with Crippen molar-refractivity contribution >= 4 is 16.7 Å². The van der Waals surface area contributed by atoms with Gasteiger partial charge in [-0.2, -0.15) is 10.6 Å². The van der Waals surface area contributed by atoms with Gasteiger partial charge in [-0.3, -0.25) is 0 Å². The van der Waals surface area contributed by atoms with E-state index in [1.54, 1.807) is 6.08 Å². The molecule has 0 saturated heterocycles. The first-order chi connectivity index (χ1) is 5.29. The average Bonchev–Trinajstić information content (AvgIpc) is 2.03. The Morgan fingerprint density at radius 1 is 1.27 bits per heavy atom. The quantitative estimate of drug-likeness (QED) is 0.673. The molecule has 3 heteroatoms. The molecule has 0 aliphatic heterocycles. The molecule has 0 aromatic heterocycles. The standard InChI is InChI=1S/C8H8NOS/c9-11(10)7-6-8-4-2-1-3-5-8/h1-7,9H/q-1. The molecule has 2 nitrogen and oxygen atoms in total. The first-order valence-corrected chi connectivity index (χ1v) is 4.35. The highest BCUT2D eigenvalue weighted by Gasteiger charge is 1.77. The predicted octanol–water partition coefficient (Wildman–Crippen LogP) is 2.38. The summed E-state index contributed by atoms with van der Waals surface area (Å²) in [4.78, 5) is 0. The van der Waals surface area contributed by atoms with E-state index < -0.39 is 10.6 Å². The van der Waals surface area contributed by atoms with Crippen LogP contribution >= 0.6 is 0 Å². The summed E-state index contributed by atoms with van der Waals surface area (Å²) in [7, 11) is -1.60. The minimum absolute atomic E-state index is 0.966. The van der Waals surface area contributed by atoms with Crippen molar-refractivity contribution in [3.8, 4) is 0 Å². The Morgan fingerprint density at radius 3 is 2.45 bits per heavy atom. The summed E-state index contributed by atoms with van der Waals surface area (Å²) in [5.41, 5.74) is 0.966. The van der Waals surface area contributed by atoms with Gasteiger partial charge in [-0.05, 0) is 5.56 Å². The minimum Gasteiger partial charge on any atom is -0.441 e. The molecule has 1 aromatic rings. The van der Waals surface area contributed by atoms with Crippen molar-refractivity contribution in [1.82, 2.24) is 0 Å². The summed E-state index contributed by atoms with van der Waals surface area (Å²) in [5.74, 6) is 0. The summed E-state index contributed by atoms with van der Waals surface area (Å²) in [6, 6.07) is 9.49. The molecule has 0 radical (unpaired) electrons. The number of rotatable bonds is 2. The first-order valence-electron chi connectivity index (χ1n) is 3.14. The van der Waals surface area contributed by atoms with Crippen LogP contribution in [0.15, 0.2) is 35.7 Å². The van der Waals surface area contributed by atoms with Crippen molar-refractivity contribution in [2.75, 3.05) is 0 Å². The lowest BCUT2D eigenvalue weighted by Gasteiger charge is -1.91. The fraction of sp³-hybridized carbons (Fsp3) is 0. The van der Waals surface area contributed by atoms with Crippen molar-refractivity contribution in [2.24, 2.45) is 0 Å². The van der Waals surface area contributed by atoms with Gasteiger partial charge in [-0.25, -0.2) is 0 Å². The molecule has 0 saturated carbocycles. The highest BCUT2D eigenvalue weighted by molar-refractivity contribution is 7.76. The Morgan fingerprint density at radius 2 is 1.91 bits per heavy atom. The lowest BCUT2D eigenvalue weighted by atomic mass is 10.2. The zero-order valence-electron chi connectivity index (χ0n) is 5.86. The molecule has 0 spiro atoms. The first kappa shape index (κ1) is 8.01. The zero-order valence-corrected chi connectivity index (χ0v) is 6.67. The Balaban J connectivity index is 2.80. The number of nitrogens with one attached hydrogen (secondary N) is 1. The predicted molar refractivity (Wildman–Crippen MR) is 46.2 cm³/mol. The summed E-state index contributed by atoms with van der Waals surface area (Å²) in [5, 5.41) is 1.34. The molecule has 0 fully saturated rings. The smallest absolute Gasteiger partial charge is 0.0277 e. The monoisotopic (exact) mass is 166 g/mol. The maximum absolute atomic E-state index is 10.3. The van der Waals surface area contributed by atoms with Crippen LogP contribution < -0.4 is 0 Å². The second kappa shape index (κ2) is 3.93. The van der Waals surface area contributed by atoms with Crippen LogP contribution in [0.3, 0.4) is 0 Å². The number of hydrogen-bond acceptors (Lipinski definition) is 3. The summed E-state index contributed by atoms with van der Waals surface area (Å²) >= 11 is 0. The third kappa shape index (κ3) is 3.00. The summed E-state index contributed by atoms with van der Waals surface area (Å²) in [6.45, 7) is 0. The highest BCUT2D eigenvalue weighted by Crippen LogP contribution is 2.00. The second-order valence-electron chi connectivity index (χ2n) is 2.01. The minimum atomic E-state index is -1.60. The van der Waals surface area contributed by atoms with E-state index in [0.29, 0.717) is 0 Å². The molecule has 0 unspecified atom stereocenters. The van der Waals surface area contributed by atoms with Crippen LogP contribution in [0.2, 0.25) is 0 Å². The highest BCUT2D eigenvalue weighted by atomic mass is 32.2. The van der Waals surface area contributed by atoms with Gasteiger partial charge in [0.15, 0.2) is 0 Å². The van der Waals surface area contributed by atoms with Crippen LogP contribution in [0.1, 0.15) is 5.56 Å². The SMILES string of the molecule is N=[S-](=O)C=Cc1ccccc1. The Bertz CT molecular complexity index is 306. The maximum atomic E-state index is 10.3. The van der Waals surface area contributed by atoms with Gasteiger partial charge in [-0.15, -0.1) is 5.41 Å². The van der Waals surface area contributed by atoms with Gasteiger partial charge in [-0.1, -0.05) is 36.4 Å². The van der Waals surface area contributed by atoms with Crippen LogP contribution in [-0.4, -0.2) is 0 Å². The van der Waals surface area contributed by atoms with Gasteiger partial charge in [0.2, 0.25) is 0 Å². The third-order valence-electron chi connectivity index (χ3n) is 1.18. The maximum Gasteiger partial charge on any atom is -0.0277 e. The van der Waals surface area contributed by atoms with Gasteiger partial charge in [0, 0.05) is 0 Å². The van der Waals surface area contributed by atoms with Crippen LogP contribution in [-0.2, 0) is 14.8 Å². The molecular formula is C8H8NOS-. The molecule has 11 heavy (non-hydrogen) atoms. The van der Waals surface area contributed by atoms with E-state index in [9.17, 15) is 4.21 Å². The van der Waals surface area contributed by atoms with Crippen LogP contribution in [0, 0.1) is 4.78 Å². The Kier molecular flexibility index (Phi) is 2.86. The number of benzene rings is 1. The third-order valence-corrected chi connectivity index (χ3v) is 1.57. The molecular weight excluding hydrogens is 158 g/mol. The molecule has 0 heterocycles. The summed E-state index contributed by atoms with van der Waals surface area (Å²) in [6.07, 6.45) is 1.67. The molecule has 0 aliphatic carbocycles. The molecule has 0 atom stereocenters. The van der Waals surface area contributed by atoms with E-state index >= 15 is 0 Å². The molecule has 0 aliphatic rings. The molecule has 1 aromatic carbocycles. The van der Waals surface area contributed by atoms with E-state index in [4.69, 9.17) is 4.78 Å². The van der Waals surface area contributed by atoms with E-state index in [2.05, 4.69) is 0 Å². The number of hydrogen-bond donors (Lipinski definition) is 1. The van der Waals surface area contributed by atoms with Crippen LogP contribution in [0.25, 0.3) is 6.08 Å². The second-order valence-corrected chi connectivity index (χ2v) is 2.88. The van der Waals surface area contributed by atoms with Crippen molar-refractivity contribution < 1.29 is 4.21 Å². The van der Waals surface area contributed by atoms with Crippen molar-refractivity contribution in [2.45, 2.75) is 0 Å². The fourth-order valence-electron chi connectivity index (χ4n) is 0.705. The normalized spacial score (nSPS) is 11.0. The van der Waals surface area contributed by atoms with E-state index in [0.717, 1.165) is 5.56 Å². The van der Waals surface area contributed by atoms with Gasteiger partial charge >= 0.3 is 0 Å². The van der Waals surface area contributed by atoms with E-state index in [1.807, 2.05) is 30.3 Å². The Labute approximate surface area is 67.6 Å². The van der Waals surface area contributed by atoms with Crippen molar-refractivity contribution in [1.29, 1.82) is 4.78 Å².